The van der Waals surface area contributed by atoms with Gasteiger partial charge in [0.1, 0.15) is 0 Å². The number of aryl methyl sites for hydroxylation is 1. The standard InChI is InChI=1S/C8H13FN2S/c1-7-11-6-8(12-7)5-10-4-2-3-9/h6,10H,2-5H2,1H3. The Bertz CT molecular complexity index is 225. The van der Waals surface area contributed by atoms with Crippen LogP contribution >= 0.6 is 11.3 Å². The number of rotatable bonds is 5. The molecule has 2 nitrogen and oxygen atoms in total. The lowest BCUT2D eigenvalue weighted by molar-refractivity contribution is 0.459. The zero-order valence-electron chi connectivity index (χ0n) is 7.14. The Labute approximate surface area is 75.8 Å². The molecule has 0 spiro atoms. The lowest BCUT2D eigenvalue weighted by Crippen LogP contribution is -2.14. The maximum Gasteiger partial charge on any atom is 0.0906 e. The maximum atomic E-state index is 11.7. The monoisotopic (exact) mass is 188 g/mol. The molecule has 0 atom stereocenters. The van der Waals surface area contributed by atoms with Gasteiger partial charge in [0.25, 0.3) is 0 Å². The Kier molecular flexibility index (Phi) is 4.18. The first-order chi connectivity index (χ1) is 5.83. The van der Waals surface area contributed by atoms with Crippen molar-refractivity contribution in [3.05, 3.63) is 16.1 Å². The summed E-state index contributed by atoms with van der Waals surface area (Å²) >= 11 is 1.68. The van der Waals surface area contributed by atoms with Crippen LogP contribution in [0.1, 0.15) is 16.3 Å². The van der Waals surface area contributed by atoms with Gasteiger partial charge in [-0.25, -0.2) is 4.98 Å². The zero-order chi connectivity index (χ0) is 8.81. The van der Waals surface area contributed by atoms with Gasteiger partial charge in [0.2, 0.25) is 0 Å². The number of thiazole rings is 1. The second-order valence-electron chi connectivity index (χ2n) is 2.56. The molecule has 0 amide bonds. The first-order valence-electron chi connectivity index (χ1n) is 4.01. The zero-order valence-corrected chi connectivity index (χ0v) is 7.96. The van der Waals surface area contributed by atoms with Crippen LogP contribution in [0.2, 0.25) is 0 Å². The minimum Gasteiger partial charge on any atom is -0.312 e. The number of nitrogens with zero attached hydrogens (tertiary/aromatic N) is 1. The molecular formula is C8H13FN2S. The molecule has 0 fully saturated rings. The summed E-state index contributed by atoms with van der Waals surface area (Å²) in [6, 6.07) is 0. The van der Waals surface area contributed by atoms with E-state index in [0.717, 1.165) is 18.1 Å². The van der Waals surface area contributed by atoms with Gasteiger partial charge < -0.3 is 5.32 Å². The first-order valence-corrected chi connectivity index (χ1v) is 4.82. The molecule has 0 aromatic carbocycles. The van der Waals surface area contributed by atoms with Gasteiger partial charge in [-0.3, -0.25) is 4.39 Å². The molecule has 1 aromatic heterocycles. The number of aromatic nitrogens is 1. The molecule has 4 heteroatoms. The molecule has 1 rings (SSSR count). The van der Waals surface area contributed by atoms with Crippen LogP contribution in [-0.2, 0) is 6.54 Å². The summed E-state index contributed by atoms with van der Waals surface area (Å²) in [7, 11) is 0. The van der Waals surface area contributed by atoms with Crippen molar-refractivity contribution in [2.45, 2.75) is 19.9 Å². The highest BCUT2D eigenvalue weighted by Crippen LogP contribution is 2.10. The van der Waals surface area contributed by atoms with Gasteiger partial charge >= 0.3 is 0 Å². The van der Waals surface area contributed by atoms with Gasteiger partial charge in [0.05, 0.1) is 11.7 Å². The fourth-order valence-electron chi connectivity index (χ4n) is 0.890. The van der Waals surface area contributed by atoms with Crippen molar-refractivity contribution in [1.82, 2.24) is 10.3 Å². The molecule has 1 heterocycles. The van der Waals surface area contributed by atoms with Crippen molar-refractivity contribution in [3.8, 4) is 0 Å². The quantitative estimate of drug-likeness (QED) is 0.714. The average Bonchev–Trinajstić information content (AvgIpc) is 2.45. The molecule has 68 valence electrons. The lowest BCUT2D eigenvalue weighted by Gasteiger charge is -1.98. The van der Waals surface area contributed by atoms with Gasteiger partial charge in [0.15, 0.2) is 0 Å². The summed E-state index contributed by atoms with van der Waals surface area (Å²) in [6.07, 6.45) is 2.46. The molecule has 0 aliphatic rings. The minimum atomic E-state index is -0.241. The molecule has 1 N–H and O–H groups in total. The van der Waals surface area contributed by atoms with Crippen molar-refractivity contribution < 1.29 is 4.39 Å². The van der Waals surface area contributed by atoms with E-state index in [1.54, 1.807) is 11.3 Å². The SMILES string of the molecule is Cc1ncc(CNCCCF)s1. The second-order valence-corrected chi connectivity index (χ2v) is 3.88. The molecule has 0 radical (unpaired) electrons. The Balaban J connectivity index is 2.15. The van der Waals surface area contributed by atoms with Crippen LogP contribution in [0.25, 0.3) is 0 Å². The van der Waals surface area contributed by atoms with Crippen LogP contribution in [-0.4, -0.2) is 18.2 Å². The van der Waals surface area contributed by atoms with E-state index in [-0.39, 0.29) is 6.67 Å². The van der Waals surface area contributed by atoms with Crippen LogP contribution in [0.4, 0.5) is 4.39 Å². The maximum absolute atomic E-state index is 11.7. The highest BCUT2D eigenvalue weighted by molar-refractivity contribution is 7.11. The van der Waals surface area contributed by atoms with Gasteiger partial charge in [-0.2, -0.15) is 0 Å². The molecule has 0 saturated carbocycles. The van der Waals surface area contributed by atoms with E-state index in [1.807, 2.05) is 13.1 Å². The lowest BCUT2D eigenvalue weighted by atomic mass is 10.4. The van der Waals surface area contributed by atoms with Crippen LogP contribution in [0, 0.1) is 6.92 Å². The normalized spacial score (nSPS) is 10.5. The number of hydrogen-bond donors (Lipinski definition) is 1. The Morgan fingerprint density at radius 1 is 1.67 bits per heavy atom. The highest BCUT2D eigenvalue weighted by Gasteiger charge is 1.96. The molecule has 0 saturated heterocycles. The fraction of sp³-hybridized carbons (Fsp3) is 0.625. The van der Waals surface area contributed by atoms with Crippen molar-refractivity contribution in [3.63, 3.8) is 0 Å². The van der Waals surface area contributed by atoms with Crippen LogP contribution < -0.4 is 5.32 Å². The topological polar surface area (TPSA) is 24.9 Å². The van der Waals surface area contributed by atoms with E-state index in [9.17, 15) is 4.39 Å². The third-order valence-electron chi connectivity index (χ3n) is 1.46. The van der Waals surface area contributed by atoms with Crippen molar-refractivity contribution in [2.75, 3.05) is 13.2 Å². The van der Waals surface area contributed by atoms with Crippen LogP contribution in [0.15, 0.2) is 6.20 Å². The van der Waals surface area contributed by atoms with Crippen LogP contribution in [0.3, 0.4) is 0 Å². The number of alkyl halides is 1. The summed E-state index contributed by atoms with van der Waals surface area (Å²) in [5.41, 5.74) is 0. The highest BCUT2D eigenvalue weighted by atomic mass is 32.1. The van der Waals surface area contributed by atoms with Gasteiger partial charge in [0, 0.05) is 17.6 Å². The average molecular weight is 188 g/mol. The summed E-state index contributed by atoms with van der Waals surface area (Å²) in [5, 5.41) is 4.23. The van der Waals surface area contributed by atoms with E-state index in [2.05, 4.69) is 10.3 Å². The van der Waals surface area contributed by atoms with Gasteiger partial charge in [-0.15, -0.1) is 11.3 Å². The molecule has 0 bridgehead atoms. The minimum absolute atomic E-state index is 0.241. The summed E-state index contributed by atoms with van der Waals surface area (Å²) in [6.45, 7) is 3.30. The van der Waals surface area contributed by atoms with Gasteiger partial charge in [-0.05, 0) is 19.9 Å². The second kappa shape index (κ2) is 5.22. The van der Waals surface area contributed by atoms with Crippen molar-refractivity contribution in [1.29, 1.82) is 0 Å². The number of halogens is 1. The summed E-state index contributed by atoms with van der Waals surface area (Å²) in [5.74, 6) is 0. The Hall–Kier alpha value is -0.480. The Morgan fingerprint density at radius 2 is 2.50 bits per heavy atom. The smallest absolute Gasteiger partial charge is 0.0906 e. The van der Waals surface area contributed by atoms with E-state index in [0.29, 0.717) is 6.42 Å². The largest absolute Gasteiger partial charge is 0.312 e. The van der Waals surface area contributed by atoms with Crippen molar-refractivity contribution in [2.24, 2.45) is 0 Å². The molecule has 1 aromatic rings. The van der Waals surface area contributed by atoms with E-state index < -0.39 is 0 Å². The van der Waals surface area contributed by atoms with E-state index in [1.165, 1.54) is 4.88 Å². The summed E-state index contributed by atoms with van der Waals surface area (Å²) < 4.78 is 11.7. The molecule has 0 aliphatic carbocycles. The van der Waals surface area contributed by atoms with E-state index in [4.69, 9.17) is 0 Å². The number of hydrogen-bond acceptors (Lipinski definition) is 3. The molecular weight excluding hydrogens is 175 g/mol. The predicted molar refractivity (Wildman–Crippen MR) is 49.1 cm³/mol. The Morgan fingerprint density at radius 3 is 3.08 bits per heavy atom. The van der Waals surface area contributed by atoms with E-state index >= 15 is 0 Å². The molecule has 12 heavy (non-hydrogen) atoms. The third kappa shape index (κ3) is 3.28. The predicted octanol–water partition coefficient (Wildman–Crippen LogP) is 1.90. The summed E-state index contributed by atoms with van der Waals surface area (Å²) in [4.78, 5) is 5.33. The molecule has 0 unspecified atom stereocenters. The first kappa shape index (κ1) is 9.61. The fourth-order valence-corrected chi connectivity index (χ4v) is 1.65. The van der Waals surface area contributed by atoms with Crippen LogP contribution in [0.5, 0.6) is 0 Å². The van der Waals surface area contributed by atoms with Gasteiger partial charge in [-0.1, -0.05) is 0 Å². The molecule has 0 aliphatic heterocycles. The number of nitrogens with one attached hydrogen (secondary N) is 1. The third-order valence-corrected chi connectivity index (χ3v) is 2.37. The van der Waals surface area contributed by atoms with Crippen molar-refractivity contribution >= 4 is 11.3 Å².